The first kappa shape index (κ1) is 16.3. The summed E-state index contributed by atoms with van der Waals surface area (Å²) >= 11 is 0.926. The molecule has 1 unspecified atom stereocenters. The van der Waals surface area contributed by atoms with Crippen molar-refractivity contribution in [3.05, 3.63) is 11.2 Å². The van der Waals surface area contributed by atoms with Crippen LogP contribution in [0, 0.1) is 0 Å². The largest absolute Gasteiger partial charge is 0.464 e. The van der Waals surface area contributed by atoms with Crippen molar-refractivity contribution in [2.24, 2.45) is 0 Å². The molecule has 0 radical (unpaired) electrons. The van der Waals surface area contributed by atoms with Gasteiger partial charge in [-0.2, -0.15) is 4.31 Å². The number of ether oxygens (including phenoxy) is 2. The van der Waals surface area contributed by atoms with E-state index < -0.39 is 16.0 Å². The summed E-state index contributed by atoms with van der Waals surface area (Å²) in [5.74, 6) is -0.742. The topological polar surface area (TPSA) is 85.8 Å². The van der Waals surface area contributed by atoms with Crippen molar-refractivity contribution in [1.29, 1.82) is 0 Å². The van der Waals surface area contributed by atoms with Gasteiger partial charge in [0.15, 0.2) is 9.90 Å². The van der Waals surface area contributed by atoms with E-state index in [1.807, 2.05) is 6.92 Å². The van der Waals surface area contributed by atoms with Crippen LogP contribution in [-0.2, 0) is 19.5 Å². The first-order valence-electron chi connectivity index (χ1n) is 6.64. The Balaban J connectivity index is 2.26. The average Bonchev–Trinajstić information content (AvgIpc) is 2.97. The van der Waals surface area contributed by atoms with E-state index in [0.29, 0.717) is 19.7 Å². The number of hydrogen-bond donors (Lipinski definition) is 0. The van der Waals surface area contributed by atoms with Crippen LogP contribution in [0.25, 0.3) is 0 Å². The van der Waals surface area contributed by atoms with Gasteiger partial charge >= 0.3 is 5.97 Å². The van der Waals surface area contributed by atoms with Crippen LogP contribution in [0.1, 0.15) is 30.3 Å². The van der Waals surface area contributed by atoms with Crippen molar-refractivity contribution in [2.75, 3.05) is 26.8 Å². The number of esters is 1. The molecule has 7 nitrogen and oxygen atoms in total. The second kappa shape index (κ2) is 6.82. The first-order chi connectivity index (χ1) is 10.0. The zero-order valence-electron chi connectivity index (χ0n) is 11.9. The summed E-state index contributed by atoms with van der Waals surface area (Å²) in [4.78, 5) is 15.4. The van der Waals surface area contributed by atoms with Gasteiger partial charge in [0, 0.05) is 19.7 Å². The lowest BCUT2D eigenvalue weighted by Crippen LogP contribution is -2.43. The molecule has 1 aliphatic rings. The molecule has 2 heterocycles. The zero-order chi connectivity index (χ0) is 15.5. The number of carbonyl (C=O) groups excluding carboxylic acids is 1. The molecule has 1 atom stereocenters. The highest BCUT2D eigenvalue weighted by Crippen LogP contribution is 2.27. The van der Waals surface area contributed by atoms with Gasteiger partial charge < -0.3 is 9.47 Å². The number of aromatic nitrogens is 1. The molecule has 1 aromatic rings. The highest BCUT2D eigenvalue weighted by atomic mass is 32.2. The molecule has 21 heavy (non-hydrogen) atoms. The van der Waals surface area contributed by atoms with Crippen molar-refractivity contribution in [2.45, 2.75) is 30.1 Å². The molecule has 0 saturated carbocycles. The minimum Gasteiger partial charge on any atom is -0.464 e. The molecule has 0 spiro atoms. The lowest BCUT2D eigenvalue weighted by Gasteiger charge is -2.31. The maximum Gasteiger partial charge on any atom is 0.358 e. The fourth-order valence-electron chi connectivity index (χ4n) is 2.26. The second-order valence-electron chi connectivity index (χ2n) is 4.56. The van der Waals surface area contributed by atoms with Crippen molar-refractivity contribution in [1.82, 2.24) is 9.29 Å². The number of nitrogens with zero attached hydrogens (tertiary/aromatic N) is 2. The summed E-state index contributed by atoms with van der Waals surface area (Å²) in [5.41, 5.74) is 1.18. The number of methoxy groups -OCH3 is 1. The molecule has 0 aliphatic carbocycles. The van der Waals surface area contributed by atoms with Crippen molar-refractivity contribution < 1.29 is 22.7 Å². The van der Waals surface area contributed by atoms with Crippen LogP contribution in [0.2, 0.25) is 0 Å². The lowest BCUT2D eigenvalue weighted by atomic mass is 10.1. The van der Waals surface area contributed by atoms with Crippen LogP contribution in [0.15, 0.2) is 9.72 Å². The van der Waals surface area contributed by atoms with E-state index in [4.69, 9.17) is 4.74 Å². The van der Waals surface area contributed by atoms with Gasteiger partial charge in [0.2, 0.25) is 0 Å². The predicted octanol–water partition coefficient (Wildman–Crippen LogP) is 1.12. The predicted molar refractivity (Wildman–Crippen MR) is 76.9 cm³/mol. The molecule has 0 bridgehead atoms. The van der Waals surface area contributed by atoms with Gasteiger partial charge in [0.1, 0.15) is 0 Å². The van der Waals surface area contributed by atoms with Crippen LogP contribution in [0.5, 0.6) is 0 Å². The van der Waals surface area contributed by atoms with Gasteiger partial charge in [0.05, 0.1) is 18.7 Å². The van der Waals surface area contributed by atoms with Crippen molar-refractivity contribution >= 4 is 27.3 Å². The normalized spacial score (nSPS) is 20.4. The molecule has 1 fully saturated rings. The fourth-order valence-corrected chi connectivity index (χ4v) is 5.04. The third-order valence-corrected chi connectivity index (χ3v) is 6.44. The number of thiazole rings is 1. The molecule has 2 rings (SSSR count). The Morgan fingerprint density at radius 1 is 1.57 bits per heavy atom. The number of hydrogen-bond acceptors (Lipinski definition) is 7. The van der Waals surface area contributed by atoms with Gasteiger partial charge in [-0.15, -0.1) is 11.3 Å². The van der Waals surface area contributed by atoms with Crippen LogP contribution < -0.4 is 0 Å². The second-order valence-corrected chi connectivity index (χ2v) is 7.55. The van der Waals surface area contributed by atoms with Gasteiger partial charge in [0.25, 0.3) is 10.0 Å². The van der Waals surface area contributed by atoms with E-state index in [1.165, 1.54) is 16.9 Å². The zero-order valence-corrected chi connectivity index (χ0v) is 13.6. The highest BCUT2D eigenvalue weighted by Gasteiger charge is 2.35. The quantitative estimate of drug-likeness (QED) is 0.750. The minimum absolute atomic E-state index is 0.0634. The Morgan fingerprint density at radius 3 is 3.00 bits per heavy atom. The van der Waals surface area contributed by atoms with Crippen LogP contribution >= 0.6 is 11.3 Å². The van der Waals surface area contributed by atoms with E-state index in [2.05, 4.69) is 9.72 Å². The number of sulfonamides is 1. The SMILES string of the molecule is CCOC1CCCN(S(=O)(=O)c2scnc2C(=O)OC)C1. The maximum absolute atomic E-state index is 12.7. The first-order valence-corrected chi connectivity index (χ1v) is 8.96. The third kappa shape index (κ3) is 3.42. The molecule has 9 heteroatoms. The minimum atomic E-state index is -3.75. The average molecular weight is 334 g/mol. The Morgan fingerprint density at radius 2 is 2.33 bits per heavy atom. The molecule has 0 amide bonds. The van der Waals surface area contributed by atoms with Crippen molar-refractivity contribution in [3.63, 3.8) is 0 Å². The summed E-state index contributed by atoms with van der Waals surface area (Å²) in [6, 6.07) is 0. The summed E-state index contributed by atoms with van der Waals surface area (Å²) < 4.78 is 36.7. The Kier molecular flexibility index (Phi) is 5.31. The van der Waals surface area contributed by atoms with Gasteiger partial charge in [-0.05, 0) is 19.8 Å². The lowest BCUT2D eigenvalue weighted by molar-refractivity contribution is 0.0265. The van der Waals surface area contributed by atoms with E-state index in [1.54, 1.807) is 0 Å². The van der Waals surface area contributed by atoms with Crippen LogP contribution in [-0.4, -0.2) is 56.6 Å². The molecular formula is C12H18N2O5S2. The Hall–Kier alpha value is -1.03. The molecule has 118 valence electrons. The number of rotatable bonds is 5. The fraction of sp³-hybridized carbons (Fsp3) is 0.667. The van der Waals surface area contributed by atoms with Crippen LogP contribution in [0.4, 0.5) is 0 Å². The molecular weight excluding hydrogens is 316 g/mol. The molecule has 0 aromatic carbocycles. The standard InChI is InChI=1S/C12H18N2O5S2/c1-3-19-9-5-4-6-14(7-9)21(16,17)12-10(11(15)18-2)13-8-20-12/h8-9H,3-7H2,1-2H3. The smallest absolute Gasteiger partial charge is 0.358 e. The Labute approximate surface area is 127 Å². The van der Waals surface area contributed by atoms with E-state index >= 15 is 0 Å². The maximum atomic E-state index is 12.7. The summed E-state index contributed by atoms with van der Waals surface area (Å²) in [6.45, 7) is 3.15. The summed E-state index contributed by atoms with van der Waals surface area (Å²) in [5, 5.41) is 0. The van der Waals surface area contributed by atoms with Crippen LogP contribution in [0.3, 0.4) is 0 Å². The number of carbonyl (C=O) groups is 1. The summed E-state index contributed by atoms with van der Waals surface area (Å²) in [7, 11) is -2.55. The molecule has 1 aliphatic heterocycles. The highest BCUT2D eigenvalue weighted by molar-refractivity contribution is 7.91. The van der Waals surface area contributed by atoms with Gasteiger partial charge in [-0.1, -0.05) is 0 Å². The molecule has 0 N–H and O–H groups in total. The summed E-state index contributed by atoms with van der Waals surface area (Å²) in [6.07, 6.45) is 1.47. The molecule has 1 saturated heterocycles. The Bertz CT molecular complexity index is 597. The monoisotopic (exact) mass is 334 g/mol. The van der Waals surface area contributed by atoms with Crippen molar-refractivity contribution in [3.8, 4) is 0 Å². The van der Waals surface area contributed by atoms with E-state index in [-0.39, 0.29) is 16.0 Å². The van der Waals surface area contributed by atoms with E-state index in [0.717, 1.165) is 24.2 Å². The van der Waals surface area contributed by atoms with Gasteiger partial charge in [-0.3, -0.25) is 0 Å². The van der Waals surface area contributed by atoms with Gasteiger partial charge in [-0.25, -0.2) is 18.2 Å². The van der Waals surface area contributed by atoms with E-state index in [9.17, 15) is 13.2 Å². The third-order valence-electron chi connectivity index (χ3n) is 3.23. The number of piperidine rings is 1. The molecule has 1 aromatic heterocycles.